The lowest BCUT2D eigenvalue weighted by molar-refractivity contribution is -0.143. The highest BCUT2D eigenvalue weighted by Crippen LogP contribution is 2.30. The third kappa shape index (κ3) is 5.20. The zero-order valence-corrected chi connectivity index (χ0v) is 17.5. The Kier molecular flexibility index (Phi) is 7.12. The Morgan fingerprint density at radius 1 is 1.07 bits per heavy atom. The van der Waals surface area contributed by atoms with Gasteiger partial charge in [0.15, 0.2) is 0 Å². The first-order chi connectivity index (χ1) is 14.5. The zero-order chi connectivity index (χ0) is 21.5. The number of benzene rings is 2. The molecule has 0 aliphatic rings. The fraction of sp³-hybridized carbons (Fsp3) is 0.333. The van der Waals surface area contributed by atoms with Crippen molar-refractivity contribution in [3.05, 3.63) is 69.6 Å². The molecule has 1 heterocycles. The van der Waals surface area contributed by atoms with Gasteiger partial charge in [0, 0.05) is 29.5 Å². The summed E-state index contributed by atoms with van der Waals surface area (Å²) in [6, 6.07) is 12.7. The third-order valence-electron chi connectivity index (χ3n) is 4.77. The van der Waals surface area contributed by atoms with Crippen molar-refractivity contribution in [1.29, 1.82) is 0 Å². The molecule has 0 aliphatic heterocycles. The van der Waals surface area contributed by atoms with Crippen LogP contribution in [0.4, 0.5) is 0 Å². The van der Waals surface area contributed by atoms with E-state index in [9.17, 15) is 9.59 Å². The van der Waals surface area contributed by atoms with Crippen LogP contribution < -0.4 is 15.1 Å². The van der Waals surface area contributed by atoms with Crippen molar-refractivity contribution in [3.8, 4) is 11.5 Å². The van der Waals surface area contributed by atoms with E-state index in [4.69, 9.17) is 18.6 Å². The minimum atomic E-state index is -0.411. The molecule has 0 unspecified atom stereocenters. The van der Waals surface area contributed by atoms with Gasteiger partial charge in [-0.2, -0.15) is 0 Å². The van der Waals surface area contributed by atoms with Gasteiger partial charge in [-0.25, -0.2) is 4.79 Å². The van der Waals surface area contributed by atoms with E-state index < -0.39 is 5.63 Å². The summed E-state index contributed by atoms with van der Waals surface area (Å²) in [6.45, 7) is 4.50. The van der Waals surface area contributed by atoms with Crippen LogP contribution in [-0.4, -0.2) is 19.7 Å². The maximum Gasteiger partial charge on any atom is 0.336 e. The lowest BCUT2D eigenvalue weighted by Gasteiger charge is -2.15. The van der Waals surface area contributed by atoms with E-state index >= 15 is 0 Å². The monoisotopic (exact) mass is 410 g/mol. The molecule has 0 bridgehead atoms. The molecule has 0 saturated carbocycles. The molecule has 0 N–H and O–H groups in total. The number of carbonyl (C=O) groups excluding carboxylic acids is 1. The number of hydrogen-bond donors (Lipinski definition) is 0. The van der Waals surface area contributed by atoms with E-state index in [-0.39, 0.29) is 19.0 Å². The van der Waals surface area contributed by atoms with E-state index in [1.807, 2.05) is 44.2 Å². The van der Waals surface area contributed by atoms with Gasteiger partial charge in [-0.1, -0.05) is 25.1 Å². The van der Waals surface area contributed by atoms with Gasteiger partial charge in [0.25, 0.3) is 0 Å². The Balaban J connectivity index is 1.90. The zero-order valence-electron chi connectivity index (χ0n) is 17.5. The smallest absolute Gasteiger partial charge is 0.336 e. The SMILES string of the molecule is CCCOC(=O)CCc1cc2c(C)cc(=O)oc2cc1OCc1ccccc1OC. The molecule has 6 heteroatoms. The molecule has 0 fully saturated rings. The number of methoxy groups -OCH3 is 1. The number of ether oxygens (including phenoxy) is 3. The number of para-hydroxylation sites is 1. The van der Waals surface area contributed by atoms with Crippen LogP contribution in [0.25, 0.3) is 11.0 Å². The minimum absolute atomic E-state index is 0.242. The summed E-state index contributed by atoms with van der Waals surface area (Å²) in [6.07, 6.45) is 1.48. The van der Waals surface area contributed by atoms with Crippen molar-refractivity contribution in [2.45, 2.75) is 39.7 Å². The summed E-state index contributed by atoms with van der Waals surface area (Å²) in [5, 5.41) is 0.816. The molecular formula is C24H26O6. The van der Waals surface area contributed by atoms with E-state index in [1.54, 1.807) is 13.2 Å². The van der Waals surface area contributed by atoms with Crippen molar-refractivity contribution in [2.24, 2.45) is 0 Å². The van der Waals surface area contributed by atoms with Crippen LogP contribution in [0, 0.1) is 6.92 Å². The van der Waals surface area contributed by atoms with Crippen LogP contribution in [0.2, 0.25) is 0 Å². The molecule has 0 radical (unpaired) electrons. The van der Waals surface area contributed by atoms with E-state index in [1.165, 1.54) is 6.07 Å². The van der Waals surface area contributed by atoms with Crippen LogP contribution in [-0.2, 0) is 22.6 Å². The third-order valence-corrected chi connectivity index (χ3v) is 4.77. The first-order valence-corrected chi connectivity index (χ1v) is 9.99. The van der Waals surface area contributed by atoms with Gasteiger partial charge in [0.2, 0.25) is 0 Å². The Morgan fingerprint density at radius 2 is 1.87 bits per heavy atom. The van der Waals surface area contributed by atoms with Gasteiger partial charge in [-0.15, -0.1) is 0 Å². The average molecular weight is 410 g/mol. The summed E-state index contributed by atoms with van der Waals surface area (Å²) in [4.78, 5) is 23.8. The number of aryl methyl sites for hydroxylation is 2. The molecule has 1 aromatic heterocycles. The Hall–Kier alpha value is -3.28. The average Bonchev–Trinajstić information content (AvgIpc) is 2.74. The number of fused-ring (bicyclic) bond motifs is 1. The second-order valence-electron chi connectivity index (χ2n) is 7.03. The Labute approximate surface area is 175 Å². The van der Waals surface area contributed by atoms with Crippen molar-refractivity contribution < 1.29 is 23.4 Å². The van der Waals surface area contributed by atoms with Gasteiger partial charge in [-0.3, -0.25) is 4.79 Å². The molecule has 0 saturated heterocycles. The maximum atomic E-state index is 12.0. The highest BCUT2D eigenvalue weighted by atomic mass is 16.5. The summed E-state index contributed by atoms with van der Waals surface area (Å²) in [5.74, 6) is 1.04. The van der Waals surface area contributed by atoms with Crippen LogP contribution in [0.1, 0.15) is 36.5 Å². The molecule has 0 aliphatic carbocycles. The highest BCUT2D eigenvalue weighted by Gasteiger charge is 2.14. The van der Waals surface area contributed by atoms with Gasteiger partial charge < -0.3 is 18.6 Å². The number of hydrogen-bond acceptors (Lipinski definition) is 6. The Bertz CT molecular complexity index is 1080. The van der Waals surface area contributed by atoms with Crippen LogP contribution in [0.15, 0.2) is 51.7 Å². The molecule has 3 aromatic rings. The normalized spacial score (nSPS) is 10.8. The molecule has 30 heavy (non-hydrogen) atoms. The summed E-state index contributed by atoms with van der Waals surface area (Å²) >= 11 is 0. The molecule has 0 atom stereocenters. The quantitative estimate of drug-likeness (QED) is 0.380. The molecular weight excluding hydrogens is 384 g/mol. The van der Waals surface area contributed by atoms with Crippen molar-refractivity contribution in [1.82, 2.24) is 0 Å². The van der Waals surface area contributed by atoms with Crippen LogP contribution >= 0.6 is 0 Å². The topological polar surface area (TPSA) is 75.0 Å². The molecule has 6 nitrogen and oxygen atoms in total. The van der Waals surface area contributed by atoms with Crippen LogP contribution in [0.5, 0.6) is 11.5 Å². The summed E-state index contributed by atoms with van der Waals surface area (Å²) in [5.41, 5.74) is 2.59. The van der Waals surface area contributed by atoms with E-state index in [0.29, 0.717) is 24.4 Å². The predicted octanol–water partition coefficient (Wildman–Crippen LogP) is 4.57. The van der Waals surface area contributed by atoms with Crippen molar-refractivity contribution in [3.63, 3.8) is 0 Å². The molecule has 0 spiro atoms. The highest BCUT2D eigenvalue weighted by molar-refractivity contribution is 5.83. The number of esters is 1. The number of carbonyl (C=O) groups is 1. The van der Waals surface area contributed by atoms with Crippen LogP contribution in [0.3, 0.4) is 0 Å². The van der Waals surface area contributed by atoms with E-state index in [0.717, 1.165) is 34.2 Å². The lowest BCUT2D eigenvalue weighted by atomic mass is 10.0. The van der Waals surface area contributed by atoms with Gasteiger partial charge in [-0.05, 0) is 43.0 Å². The Morgan fingerprint density at radius 3 is 2.63 bits per heavy atom. The first kappa shape index (κ1) is 21.4. The standard InChI is InChI=1S/C24H26O6/c1-4-11-28-23(25)10-9-17-13-19-16(2)12-24(26)30-22(19)14-21(17)29-15-18-7-5-6-8-20(18)27-3/h5-8,12-14H,4,9-11,15H2,1-3H3. The summed E-state index contributed by atoms with van der Waals surface area (Å²) < 4.78 is 22.0. The van der Waals surface area contributed by atoms with Crippen molar-refractivity contribution in [2.75, 3.05) is 13.7 Å². The largest absolute Gasteiger partial charge is 0.496 e. The minimum Gasteiger partial charge on any atom is -0.496 e. The molecule has 3 rings (SSSR count). The van der Waals surface area contributed by atoms with Gasteiger partial charge >= 0.3 is 11.6 Å². The maximum absolute atomic E-state index is 12.0. The fourth-order valence-corrected chi connectivity index (χ4v) is 3.22. The number of rotatable bonds is 9. The molecule has 0 amide bonds. The predicted molar refractivity (Wildman–Crippen MR) is 114 cm³/mol. The van der Waals surface area contributed by atoms with Gasteiger partial charge in [0.1, 0.15) is 23.7 Å². The van der Waals surface area contributed by atoms with Gasteiger partial charge in [0.05, 0.1) is 13.7 Å². The molecule has 2 aromatic carbocycles. The summed E-state index contributed by atoms with van der Waals surface area (Å²) in [7, 11) is 1.61. The second kappa shape index (κ2) is 9.96. The lowest BCUT2D eigenvalue weighted by Crippen LogP contribution is -2.08. The second-order valence-corrected chi connectivity index (χ2v) is 7.03. The molecule has 158 valence electrons. The van der Waals surface area contributed by atoms with Crippen molar-refractivity contribution >= 4 is 16.9 Å². The fourth-order valence-electron chi connectivity index (χ4n) is 3.22. The van der Waals surface area contributed by atoms with E-state index in [2.05, 4.69) is 0 Å². The first-order valence-electron chi connectivity index (χ1n) is 9.99.